The normalized spacial score (nSPS) is 17.1. The van der Waals surface area contributed by atoms with E-state index in [1.54, 1.807) is 24.3 Å². The summed E-state index contributed by atoms with van der Waals surface area (Å²) < 4.78 is 13.0. The Balaban J connectivity index is 1.86. The number of halogens is 1. The van der Waals surface area contributed by atoms with Crippen molar-refractivity contribution in [3.8, 4) is 0 Å². The molecule has 26 heavy (non-hydrogen) atoms. The summed E-state index contributed by atoms with van der Waals surface area (Å²) in [6.07, 6.45) is 0. The van der Waals surface area contributed by atoms with Crippen molar-refractivity contribution in [1.29, 1.82) is 0 Å². The third-order valence-corrected chi connectivity index (χ3v) is 3.95. The van der Waals surface area contributed by atoms with Gasteiger partial charge >= 0.3 is 6.03 Å². The van der Waals surface area contributed by atoms with Gasteiger partial charge in [-0.05, 0) is 43.3 Å². The van der Waals surface area contributed by atoms with Crippen molar-refractivity contribution in [2.75, 3.05) is 10.2 Å². The Morgan fingerprint density at radius 2 is 1.69 bits per heavy atom. The van der Waals surface area contributed by atoms with Crippen LogP contribution in [0.2, 0.25) is 0 Å². The zero-order valence-electron chi connectivity index (χ0n) is 14.0. The minimum Gasteiger partial charge on any atom is -0.358 e. The maximum atomic E-state index is 13.0. The van der Waals surface area contributed by atoms with Crippen molar-refractivity contribution < 1.29 is 18.8 Å². The average molecular weight is 353 g/mol. The molecular formula is C19H16FN3O3. The predicted molar refractivity (Wildman–Crippen MR) is 94.9 cm³/mol. The molecule has 1 atom stereocenters. The summed E-state index contributed by atoms with van der Waals surface area (Å²) in [5, 5.41) is 4.98. The molecule has 2 aromatic rings. The third kappa shape index (κ3) is 3.32. The van der Waals surface area contributed by atoms with Crippen molar-refractivity contribution >= 4 is 29.2 Å². The third-order valence-electron chi connectivity index (χ3n) is 3.95. The van der Waals surface area contributed by atoms with Gasteiger partial charge < -0.3 is 5.32 Å². The van der Waals surface area contributed by atoms with Gasteiger partial charge in [-0.2, -0.15) is 0 Å². The number of anilines is 2. The SMILES string of the molecule is C=C(Nc1ccc(F)cc1)[C@H]1C(=O)NC(=O)N(c2ccc(C)cc2)C1=O. The molecule has 0 unspecified atom stereocenters. The Morgan fingerprint density at radius 3 is 2.31 bits per heavy atom. The van der Waals surface area contributed by atoms with Crippen molar-refractivity contribution in [2.45, 2.75) is 6.92 Å². The van der Waals surface area contributed by atoms with Gasteiger partial charge in [0.2, 0.25) is 5.91 Å². The average Bonchev–Trinajstić information content (AvgIpc) is 2.58. The van der Waals surface area contributed by atoms with E-state index in [4.69, 9.17) is 0 Å². The second-order valence-electron chi connectivity index (χ2n) is 5.89. The number of nitrogens with one attached hydrogen (secondary N) is 2. The molecule has 6 nitrogen and oxygen atoms in total. The van der Waals surface area contributed by atoms with E-state index in [2.05, 4.69) is 17.2 Å². The van der Waals surface area contributed by atoms with Crippen LogP contribution < -0.4 is 15.5 Å². The number of hydrogen-bond donors (Lipinski definition) is 2. The number of amides is 4. The van der Waals surface area contributed by atoms with Crippen LogP contribution >= 0.6 is 0 Å². The first kappa shape index (κ1) is 17.3. The fourth-order valence-electron chi connectivity index (χ4n) is 2.61. The highest BCUT2D eigenvalue weighted by atomic mass is 19.1. The molecule has 0 saturated carbocycles. The summed E-state index contributed by atoms with van der Waals surface area (Å²) in [6.45, 7) is 5.62. The van der Waals surface area contributed by atoms with Crippen LogP contribution in [0.4, 0.5) is 20.6 Å². The van der Waals surface area contributed by atoms with Crippen LogP contribution in [-0.4, -0.2) is 17.8 Å². The largest absolute Gasteiger partial charge is 0.358 e. The highest BCUT2D eigenvalue weighted by Gasteiger charge is 2.42. The van der Waals surface area contributed by atoms with Crippen LogP contribution in [0.15, 0.2) is 60.8 Å². The highest BCUT2D eigenvalue weighted by Crippen LogP contribution is 2.25. The van der Waals surface area contributed by atoms with E-state index < -0.39 is 29.6 Å². The van der Waals surface area contributed by atoms with Crippen molar-refractivity contribution in [2.24, 2.45) is 5.92 Å². The molecule has 7 heteroatoms. The predicted octanol–water partition coefficient (Wildman–Crippen LogP) is 2.96. The first-order chi connectivity index (χ1) is 12.4. The summed E-state index contributed by atoms with van der Waals surface area (Å²) in [6, 6.07) is 11.3. The molecule has 2 N–H and O–H groups in total. The van der Waals surface area contributed by atoms with E-state index in [-0.39, 0.29) is 5.70 Å². The van der Waals surface area contributed by atoms with Gasteiger partial charge in [-0.1, -0.05) is 24.3 Å². The Bertz CT molecular complexity index is 891. The molecule has 0 aromatic heterocycles. The molecule has 1 aliphatic rings. The van der Waals surface area contributed by atoms with Gasteiger partial charge in [-0.3, -0.25) is 14.9 Å². The van der Waals surface area contributed by atoms with Crippen molar-refractivity contribution in [3.05, 3.63) is 72.2 Å². The molecule has 1 heterocycles. The Hall–Kier alpha value is -3.48. The number of benzene rings is 2. The van der Waals surface area contributed by atoms with Crippen LogP contribution in [0.25, 0.3) is 0 Å². The number of carbonyl (C=O) groups is 3. The molecule has 4 amide bonds. The van der Waals surface area contributed by atoms with E-state index in [9.17, 15) is 18.8 Å². The minimum absolute atomic E-state index is 0.0868. The lowest BCUT2D eigenvalue weighted by Gasteiger charge is -2.31. The molecule has 1 saturated heterocycles. The van der Waals surface area contributed by atoms with Crippen molar-refractivity contribution in [1.82, 2.24) is 5.32 Å². The topological polar surface area (TPSA) is 78.5 Å². The van der Waals surface area contributed by atoms with E-state index in [1.165, 1.54) is 24.3 Å². The van der Waals surface area contributed by atoms with Crippen LogP contribution in [0, 0.1) is 18.7 Å². The fraction of sp³-hybridized carbons (Fsp3) is 0.105. The molecule has 0 bridgehead atoms. The number of aryl methyl sites for hydroxylation is 1. The van der Waals surface area contributed by atoms with Gasteiger partial charge in [0.05, 0.1) is 5.69 Å². The monoisotopic (exact) mass is 353 g/mol. The molecule has 1 aliphatic heterocycles. The van der Waals surface area contributed by atoms with E-state index >= 15 is 0 Å². The quantitative estimate of drug-likeness (QED) is 0.829. The summed E-state index contributed by atoms with van der Waals surface area (Å²) in [7, 11) is 0. The van der Waals surface area contributed by atoms with Crippen LogP contribution in [0.1, 0.15) is 5.56 Å². The summed E-state index contributed by atoms with van der Waals surface area (Å²) in [5.41, 5.74) is 1.87. The maximum Gasteiger partial charge on any atom is 0.335 e. The van der Waals surface area contributed by atoms with Gasteiger partial charge in [0.1, 0.15) is 5.82 Å². The molecule has 2 aromatic carbocycles. The molecule has 0 aliphatic carbocycles. The van der Waals surface area contributed by atoms with Gasteiger partial charge in [0.25, 0.3) is 5.91 Å². The summed E-state index contributed by atoms with van der Waals surface area (Å²) in [5.74, 6) is -3.17. The summed E-state index contributed by atoms with van der Waals surface area (Å²) in [4.78, 5) is 38.0. The number of rotatable bonds is 4. The molecule has 1 fully saturated rings. The molecule has 0 radical (unpaired) electrons. The maximum absolute atomic E-state index is 13.0. The first-order valence-electron chi connectivity index (χ1n) is 7.83. The zero-order valence-corrected chi connectivity index (χ0v) is 14.0. The van der Waals surface area contributed by atoms with E-state index in [0.29, 0.717) is 11.4 Å². The van der Waals surface area contributed by atoms with Gasteiger partial charge in [0.15, 0.2) is 5.92 Å². The smallest absolute Gasteiger partial charge is 0.335 e. The Morgan fingerprint density at radius 1 is 1.08 bits per heavy atom. The zero-order chi connectivity index (χ0) is 18.8. The number of imide groups is 2. The van der Waals surface area contributed by atoms with Gasteiger partial charge in [-0.25, -0.2) is 14.1 Å². The number of hydrogen-bond acceptors (Lipinski definition) is 4. The Labute approximate surface area is 149 Å². The minimum atomic E-state index is -1.29. The lowest BCUT2D eigenvalue weighted by Crippen LogP contribution is -2.59. The lowest BCUT2D eigenvalue weighted by atomic mass is 10.0. The van der Waals surface area contributed by atoms with Gasteiger partial charge in [0, 0.05) is 11.4 Å². The number of carbonyl (C=O) groups excluding carboxylic acids is 3. The summed E-state index contributed by atoms with van der Waals surface area (Å²) >= 11 is 0. The van der Waals surface area contributed by atoms with Crippen LogP contribution in [-0.2, 0) is 9.59 Å². The first-order valence-corrected chi connectivity index (χ1v) is 7.83. The highest BCUT2D eigenvalue weighted by molar-refractivity contribution is 6.28. The standard InChI is InChI=1S/C19H16FN3O3/c1-11-3-9-15(10-4-11)23-18(25)16(17(24)22-19(23)26)12(2)21-14-7-5-13(20)6-8-14/h3-10,16,21H,2H2,1H3,(H,22,24,26)/t16-/m0/s1. The molecular weight excluding hydrogens is 337 g/mol. The second kappa shape index (κ2) is 6.79. The van der Waals surface area contributed by atoms with Crippen LogP contribution in [0.5, 0.6) is 0 Å². The number of barbiturate groups is 1. The number of urea groups is 1. The number of nitrogens with zero attached hydrogens (tertiary/aromatic N) is 1. The van der Waals surface area contributed by atoms with Gasteiger partial charge in [-0.15, -0.1) is 0 Å². The second-order valence-corrected chi connectivity index (χ2v) is 5.89. The molecule has 3 rings (SSSR count). The van der Waals surface area contributed by atoms with Crippen molar-refractivity contribution in [3.63, 3.8) is 0 Å². The Kier molecular flexibility index (Phi) is 4.53. The lowest BCUT2D eigenvalue weighted by molar-refractivity contribution is -0.132. The van der Waals surface area contributed by atoms with E-state index in [1.807, 2.05) is 6.92 Å². The molecule has 132 valence electrons. The fourth-order valence-corrected chi connectivity index (χ4v) is 2.61. The van der Waals surface area contributed by atoms with Crippen LogP contribution in [0.3, 0.4) is 0 Å². The molecule has 0 spiro atoms. The van der Waals surface area contributed by atoms with E-state index in [0.717, 1.165) is 10.5 Å².